The molecule has 0 aliphatic carbocycles. The molecule has 4 rings (SSSR count). The maximum atomic E-state index is 14.4. The van der Waals surface area contributed by atoms with Gasteiger partial charge >= 0.3 is 29.6 Å². The first kappa shape index (κ1) is 29.0. The summed E-state index contributed by atoms with van der Waals surface area (Å²) >= 11 is 0. The zero-order valence-electron chi connectivity index (χ0n) is 20.8. The van der Waals surface area contributed by atoms with Crippen molar-refractivity contribution in [3.05, 3.63) is 109 Å². The molecule has 0 aliphatic heterocycles. The van der Waals surface area contributed by atoms with Crippen LogP contribution in [0.3, 0.4) is 0 Å². The van der Waals surface area contributed by atoms with Crippen molar-refractivity contribution >= 4 is 23.2 Å². The highest BCUT2D eigenvalue weighted by atomic mass is 19.3. The zero-order valence-corrected chi connectivity index (χ0v) is 20.8. The highest BCUT2D eigenvalue weighted by Gasteiger charge is 2.77. The first-order valence-electron chi connectivity index (χ1n) is 11.8. The number of hydrogen-bond donors (Lipinski definition) is 2. The zero-order chi connectivity index (χ0) is 29.7. The van der Waals surface area contributed by atoms with Gasteiger partial charge in [-0.1, -0.05) is 36.4 Å². The summed E-state index contributed by atoms with van der Waals surface area (Å²) in [5.74, 6) is -22.5. The molecule has 0 atom stereocenters. The predicted molar refractivity (Wildman–Crippen MR) is 138 cm³/mol. The highest BCUT2D eigenvalue weighted by Crippen LogP contribution is 2.47. The Labute approximate surface area is 229 Å². The van der Waals surface area contributed by atoms with E-state index >= 15 is 0 Å². The molecule has 0 spiro atoms. The average molecular weight is 574 g/mol. The molecule has 6 nitrogen and oxygen atoms in total. The second kappa shape index (κ2) is 11.6. The first-order valence-corrected chi connectivity index (χ1v) is 11.8. The summed E-state index contributed by atoms with van der Waals surface area (Å²) < 4.78 is 97.6. The van der Waals surface area contributed by atoms with Gasteiger partial charge in [-0.15, -0.1) is 0 Å². The lowest BCUT2D eigenvalue weighted by atomic mass is 10.0. The molecule has 0 aliphatic rings. The SMILES string of the molecule is O=C(Nc1ccc(Oc2ccccc2)cc1)C(F)(F)C(F)(F)C(F)(F)C(=O)Nc1ccc(Oc2ccccc2)cc1. The van der Waals surface area contributed by atoms with E-state index in [1.807, 2.05) is 0 Å². The summed E-state index contributed by atoms with van der Waals surface area (Å²) in [4.78, 5) is 24.0. The summed E-state index contributed by atoms with van der Waals surface area (Å²) in [7, 11) is 0. The van der Waals surface area contributed by atoms with Gasteiger partial charge in [-0.05, 0) is 72.8 Å². The van der Waals surface area contributed by atoms with E-state index in [2.05, 4.69) is 0 Å². The van der Waals surface area contributed by atoms with Gasteiger partial charge in [0, 0.05) is 11.4 Å². The van der Waals surface area contributed by atoms with Crippen LogP contribution in [0.4, 0.5) is 37.7 Å². The van der Waals surface area contributed by atoms with Crippen LogP contribution < -0.4 is 20.1 Å². The number of nitrogens with one attached hydrogen (secondary N) is 2. The third kappa shape index (κ3) is 6.43. The van der Waals surface area contributed by atoms with Gasteiger partial charge in [-0.3, -0.25) is 9.59 Å². The van der Waals surface area contributed by atoms with E-state index in [1.165, 1.54) is 34.9 Å². The van der Waals surface area contributed by atoms with Gasteiger partial charge in [-0.2, -0.15) is 26.3 Å². The minimum atomic E-state index is -6.40. The number of anilines is 2. The monoisotopic (exact) mass is 574 g/mol. The van der Waals surface area contributed by atoms with Crippen LogP contribution in [0.5, 0.6) is 23.0 Å². The van der Waals surface area contributed by atoms with Crippen LogP contribution in [0, 0.1) is 0 Å². The Morgan fingerprint density at radius 1 is 0.463 bits per heavy atom. The van der Waals surface area contributed by atoms with Crippen molar-refractivity contribution in [2.75, 3.05) is 10.6 Å². The van der Waals surface area contributed by atoms with Crippen molar-refractivity contribution in [2.45, 2.75) is 17.8 Å². The molecule has 212 valence electrons. The van der Waals surface area contributed by atoms with Crippen molar-refractivity contribution in [2.24, 2.45) is 0 Å². The van der Waals surface area contributed by atoms with Crippen molar-refractivity contribution in [1.82, 2.24) is 0 Å². The molecule has 0 fully saturated rings. The van der Waals surface area contributed by atoms with Gasteiger partial charge < -0.3 is 20.1 Å². The summed E-state index contributed by atoms with van der Waals surface area (Å²) in [5.41, 5.74) is -0.812. The second-order valence-corrected chi connectivity index (χ2v) is 8.51. The van der Waals surface area contributed by atoms with Crippen LogP contribution in [-0.2, 0) is 9.59 Å². The fourth-order valence-corrected chi connectivity index (χ4v) is 3.36. The Bertz CT molecular complexity index is 1370. The van der Waals surface area contributed by atoms with E-state index in [4.69, 9.17) is 9.47 Å². The number of rotatable bonds is 10. The summed E-state index contributed by atoms with van der Waals surface area (Å²) in [6.45, 7) is 0. The molecule has 0 unspecified atom stereocenters. The third-order valence-corrected chi connectivity index (χ3v) is 5.54. The van der Waals surface area contributed by atoms with Crippen molar-refractivity contribution < 1.29 is 45.4 Å². The molecular formula is C29H20F6N2O4. The molecule has 0 bridgehead atoms. The van der Waals surface area contributed by atoms with E-state index in [-0.39, 0.29) is 11.5 Å². The topological polar surface area (TPSA) is 76.7 Å². The van der Waals surface area contributed by atoms with Gasteiger partial charge in [0.05, 0.1) is 0 Å². The van der Waals surface area contributed by atoms with E-state index in [9.17, 15) is 35.9 Å². The summed E-state index contributed by atoms with van der Waals surface area (Å²) in [6, 6.07) is 25.9. The molecule has 0 radical (unpaired) electrons. The van der Waals surface area contributed by atoms with Crippen LogP contribution in [-0.4, -0.2) is 29.6 Å². The van der Waals surface area contributed by atoms with Crippen molar-refractivity contribution in [3.8, 4) is 23.0 Å². The second-order valence-electron chi connectivity index (χ2n) is 8.51. The van der Waals surface area contributed by atoms with E-state index < -0.39 is 41.0 Å². The fraction of sp³-hybridized carbons (Fsp3) is 0.103. The molecular weight excluding hydrogens is 554 g/mol. The molecule has 0 saturated heterocycles. The first-order chi connectivity index (χ1) is 19.4. The van der Waals surface area contributed by atoms with Crippen LogP contribution in [0.25, 0.3) is 0 Å². The molecule has 41 heavy (non-hydrogen) atoms. The van der Waals surface area contributed by atoms with Crippen LogP contribution in [0.1, 0.15) is 0 Å². The number of carbonyl (C=O) groups is 2. The standard InChI is InChI=1S/C29H20F6N2O4/c30-27(31,25(38)36-19-11-15-23(16-12-19)40-21-7-3-1-4-8-21)29(34,35)28(32,33)26(39)37-20-13-17-24(18-14-20)41-22-9-5-2-6-10-22/h1-18H,(H,36,38)(H,37,39). The maximum Gasteiger partial charge on any atom is 0.393 e. The van der Waals surface area contributed by atoms with Crippen LogP contribution in [0.2, 0.25) is 0 Å². The smallest absolute Gasteiger partial charge is 0.393 e. The molecule has 0 heterocycles. The number of carbonyl (C=O) groups excluding carboxylic acids is 2. The Kier molecular flexibility index (Phi) is 8.22. The summed E-state index contributed by atoms with van der Waals surface area (Å²) in [5, 5.41) is 2.93. The van der Waals surface area contributed by atoms with E-state index in [1.54, 1.807) is 60.7 Å². The molecule has 12 heteroatoms. The molecule has 0 saturated carbocycles. The highest BCUT2D eigenvalue weighted by molar-refractivity contribution is 6.01. The van der Waals surface area contributed by atoms with Crippen LogP contribution >= 0.6 is 0 Å². The number of amides is 2. The van der Waals surface area contributed by atoms with Gasteiger partial charge in [0.2, 0.25) is 0 Å². The fourth-order valence-electron chi connectivity index (χ4n) is 3.36. The molecule has 4 aromatic rings. The lowest BCUT2D eigenvalue weighted by Gasteiger charge is -2.30. The van der Waals surface area contributed by atoms with Crippen molar-refractivity contribution in [3.63, 3.8) is 0 Å². The van der Waals surface area contributed by atoms with E-state index in [0.717, 1.165) is 24.3 Å². The molecule has 2 N–H and O–H groups in total. The number of hydrogen-bond acceptors (Lipinski definition) is 4. The van der Waals surface area contributed by atoms with Gasteiger partial charge in [0.25, 0.3) is 0 Å². The number of alkyl halides is 6. The molecule has 4 aromatic carbocycles. The third-order valence-electron chi connectivity index (χ3n) is 5.54. The number of para-hydroxylation sites is 2. The van der Waals surface area contributed by atoms with E-state index in [0.29, 0.717) is 11.5 Å². The summed E-state index contributed by atoms with van der Waals surface area (Å²) in [6.07, 6.45) is 0. The maximum absolute atomic E-state index is 14.4. The lowest BCUT2D eigenvalue weighted by Crippen LogP contribution is -2.63. The Morgan fingerprint density at radius 3 is 1.07 bits per heavy atom. The van der Waals surface area contributed by atoms with Crippen LogP contribution in [0.15, 0.2) is 109 Å². The number of ether oxygens (including phenoxy) is 2. The minimum absolute atomic E-state index is 0.217. The van der Waals surface area contributed by atoms with Gasteiger partial charge in [0.15, 0.2) is 0 Å². The van der Waals surface area contributed by atoms with Gasteiger partial charge in [-0.25, -0.2) is 0 Å². The normalized spacial score (nSPS) is 11.9. The molecule has 2 amide bonds. The predicted octanol–water partition coefficient (Wildman–Crippen LogP) is 7.75. The van der Waals surface area contributed by atoms with Gasteiger partial charge in [0.1, 0.15) is 23.0 Å². The number of benzene rings is 4. The van der Waals surface area contributed by atoms with Crippen molar-refractivity contribution in [1.29, 1.82) is 0 Å². The minimum Gasteiger partial charge on any atom is -0.457 e. The number of halogens is 6. The Hall–Kier alpha value is -5.00. The quantitative estimate of drug-likeness (QED) is 0.190. The average Bonchev–Trinajstić information content (AvgIpc) is 2.96. The Balaban J connectivity index is 1.40. The molecule has 0 aromatic heterocycles. The Morgan fingerprint density at radius 2 is 0.756 bits per heavy atom. The largest absolute Gasteiger partial charge is 0.457 e. The lowest BCUT2D eigenvalue weighted by molar-refractivity contribution is -0.283.